The number of anilines is 1. The molecule has 3 N–H and O–H groups in total. The van der Waals surface area contributed by atoms with E-state index >= 15 is 0 Å². The van der Waals surface area contributed by atoms with Crippen LogP contribution in [0.3, 0.4) is 0 Å². The Kier molecular flexibility index (Phi) is 7.72. The zero-order valence-corrected chi connectivity index (χ0v) is 20.3. The van der Waals surface area contributed by atoms with Gasteiger partial charge in [0.2, 0.25) is 10.0 Å². The zero-order chi connectivity index (χ0) is 22.6. The van der Waals surface area contributed by atoms with Crippen molar-refractivity contribution in [3.8, 4) is 11.5 Å². The van der Waals surface area contributed by atoms with Crippen molar-refractivity contribution in [2.75, 3.05) is 12.4 Å². The number of primary sulfonamides is 1. The molecule has 0 fully saturated rings. The van der Waals surface area contributed by atoms with Gasteiger partial charge in [0, 0.05) is 32.3 Å². The van der Waals surface area contributed by atoms with Crippen LogP contribution in [-0.2, 0) is 23.2 Å². The molecule has 0 aliphatic heterocycles. The number of methoxy groups -OCH3 is 1. The van der Waals surface area contributed by atoms with Crippen molar-refractivity contribution in [2.45, 2.75) is 18.0 Å². The van der Waals surface area contributed by atoms with Crippen molar-refractivity contribution in [1.82, 2.24) is 0 Å². The van der Waals surface area contributed by atoms with E-state index in [1.54, 1.807) is 31.4 Å². The maximum Gasteiger partial charge on any atom is 0.238 e. The summed E-state index contributed by atoms with van der Waals surface area (Å²) in [6, 6.07) is 15.1. The van der Waals surface area contributed by atoms with E-state index in [1.165, 1.54) is 12.1 Å². The second kappa shape index (κ2) is 10.1. The number of sulfonamides is 1. The van der Waals surface area contributed by atoms with Crippen LogP contribution in [0.5, 0.6) is 11.5 Å². The molecule has 10 heteroatoms. The molecule has 3 rings (SSSR count). The van der Waals surface area contributed by atoms with Crippen LogP contribution < -0.4 is 19.9 Å². The van der Waals surface area contributed by atoms with Crippen LogP contribution in [0.15, 0.2) is 64.0 Å². The summed E-state index contributed by atoms with van der Waals surface area (Å²) in [7, 11) is -2.15. The first-order valence-electron chi connectivity index (χ1n) is 8.97. The number of halogens is 3. The van der Waals surface area contributed by atoms with Crippen LogP contribution in [0.2, 0.25) is 10.0 Å². The monoisotopic (exact) mass is 544 g/mol. The first-order valence-corrected chi connectivity index (χ1v) is 12.1. The normalized spacial score (nSPS) is 11.3. The highest BCUT2D eigenvalue weighted by atomic mass is 79.9. The van der Waals surface area contributed by atoms with Crippen LogP contribution in [0.1, 0.15) is 11.1 Å². The van der Waals surface area contributed by atoms with Gasteiger partial charge in [0.05, 0.1) is 12.0 Å². The van der Waals surface area contributed by atoms with E-state index in [9.17, 15) is 8.42 Å². The first kappa shape index (κ1) is 23.7. The van der Waals surface area contributed by atoms with Gasteiger partial charge in [-0.25, -0.2) is 13.6 Å². The van der Waals surface area contributed by atoms with Crippen molar-refractivity contribution < 1.29 is 17.9 Å². The van der Waals surface area contributed by atoms with Gasteiger partial charge in [0.1, 0.15) is 6.61 Å². The van der Waals surface area contributed by atoms with Gasteiger partial charge >= 0.3 is 0 Å². The second-order valence-corrected chi connectivity index (χ2v) is 9.80. The predicted octanol–water partition coefficient (Wildman–Crippen LogP) is 5.60. The number of rotatable bonds is 8. The van der Waals surface area contributed by atoms with Crippen LogP contribution >= 0.6 is 39.1 Å². The molecule has 6 nitrogen and oxygen atoms in total. The van der Waals surface area contributed by atoms with E-state index in [4.69, 9.17) is 37.8 Å². The van der Waals surface area contributed by atoms with Gasteiger partial charge in [-0.3, -0.25) is 0 Å². The SMILES string of the molecule is COc1cc(CNc2ccc(S(N)(=O)=O)cc2)c(Br)cc1OCc1ccc(Cl)cc1Cl. The zero-order valence-electron chi connectivity index (χ0n) is 16.4. The van der Waals surface area contributed by atoms with E-state index in [1.807, 2.05) is 18.2 Å². The molecule has 0 amide bonds. The maximum atomic E-state index is 11.4. The molecule has 0 unspecified atom stereocenters. The molecule has 0 spiro atoms. The van der Waals surface area contributed by atoms with Gasteiger partial charge in [-0.1, -0.05) is 45.2 Å². The lowest BCUT2D eigenvalue weighted by Crippen LogP contribution is -2.12. The minimum absolute atomic E-state index is 0.0585. The number of nitrogens with one attached hydrogen (secondary N) is 1. The summed E-state index contributed by atoms with van der Waals surface area (Å²) in [4.78, 5) is 0.0585. The van der Waals surface area contributed by atoms with E-state index in [-0.39, 0.29) is 11.5 Å². The Morgan fingerprint density at radius 2 is 1.71 bits per heavy atom. The molecule has 0 heterocycles. The number of hydrogen-bond donors (Lipinski definition) is 2. The van der Waals surface area contributed by atoms with E-state index in [2.05, 4.69) is 21.2 Å². The number of benzene rings is 3. The molecule has 0 atom stereocenters. The third-order valence-electron chi connectivity index (χ3n) is 4.40. The Bertz CT molecular complexity index is 1190. The molecule has 0 bridgehead atoms. The Balaban J connectivity index is 1.71. The van der Waals surface area contributed by atoms with Crippen LogP contribution in [-0.4, -0.2) is 15.5 Å². The minimum atomic E-state index is -3.72. The third-order valence-corrected chi connectivity index (χ3v) is 6.65. The Morgan fingerprint density at radius 1 is 1.00 bits per heavy atom. The standard InChI is InChI=1S/C21H19BrCl2N2O4S/c1-29-20-8-14(11-26-16-4-6-17(7-5-16)31(25,27)28)18(22)10-21(20)30-12-13-2-3-15(23)9-19(13)24/h2-10,26H,11-12H2,1H3,(H2,25,27,28). The highest BCUT2D eigenvalue weighted by molar-refractivity contribution is 9.10. The fourth-order valence-electron chi connectivity index (χ4n) is 2.74. The molecule has 31 heavy (non-hydrogen) atoms. The fraction of sp³-hybridized carbons (Fsp3) is 0.143. The fourth-order valence-corrected chi connectivity index (χ4v) is 4.18. The Hall–Kier alpha value is -1.97. The molecule has 0 saturated carbocycles. The minimum Gasteiger partial charge on any atom is -0.493 e. The second-order valence-electron chi connectivity index (χ2n) is 6.54. The number of hydrogen-bond acceptors (Lipinski definition) is 5. The molecular formula is C21H19BrCl2N2O4S. The Morgan fingerprint density at radius 3 is 2.32 bits per heavy atom. The summed E-state index contributed by atoms with van der Waals surface area (Å²) in [6.45, 7) is 0.724. The summed E-state index contributed by atoms with van der Waals surface area (Å²) in [5.74, 6) is 1.12. The van der Waals surface area contributed by atoms with E-state index < -0.39 is 10.0 Å². The average molecular weight is 546 g/mol. The lowest BCUT2D eigenvalue weighted by Gasteiger charge is -2.15. The summed E-state index contributed by atoms with van der Waals surface area (Å²) >= 11 is 15.7. The van der Waals surface area contributed by atoms with Gasteiger partial charge in [-0.15, -0.1) is 0 Å². The molecule has 0 aliphatic rings. The molecule has 0 aromatic heterocycles. The molecule has 3 aromatic rings. The molecule has 0 aliphatic carbocycles. The Labute approximate surface area is 199 Å². The van der Waals surface area contributed by atoms with Crippen molar-refractivity contribution in [2.24, 2.45) is 5.14 Å². The highest BCUT2D eigenvalue weighted by Gasteiger charge is 2.12. The molecule has 164 valence electrons. The van der Waals surface area contributed by atoms with Crippen LogP contribution in [0.25, 0.3) is 0 Å². The van der Waals surface area contributed by atoms with Gasteiger partial charge in [-0.05, 0) is 54.1 Å². The lowest BCUT2D eigenvalue weighted by molar-refractivity contribution is 0.284. The van der Waals surface area contributed by atoms with Crippen LogP contribution in [0.4, 0.5) is 5.69 Å². The average Bonchev–Trinajstić information content (AvgIpc) is 2.72. The number of nitrogens with two attached hydrogens (primary N) is 1. The van der Waals surface area contributed by atoms with Gasteiger partial charge < -0.3 is 14.8 Å². The highest BCUT2D eigenvalue weighted by Crippen LogP contribution is 2.35. The van der Waals surface area contributed by atoms with Gasteiger partial charge in [-0.2, -0.15) is 0 Å². The summed E-state index contributed by atoms with van der Waals surface area (Å²) in [6.07, 6.45) is 0. The topological polar surface area (TPSA) is 90.6 Å². The summed E-state index contributed by atoms with van der Waals surface area (Å²) < 4.78 is 34.9. The van der Waals surface area contributed by atoms with Gasteiger partial charge in [0.25, 0.3) is 0 Å². The summed E-state index contributed by atoms with van der Waals surface area (Å²) in [5.41, 5.74) is 2.47. The maximum absolute atomic E-state index is 11.4. The first-order chi connectivity index (χ1) is 14.7. The largest absolute Gasteiger partial charge is 0.493 e. The number of ether oxygens (including phenoxy) is 2. The predicted molar refractivity (Wildman–Crippen MR) is 127 cm³/mol. The van der Waals surface area contributed by atoms with E-state index in [0.717, 1.165) is 21.3 Å². The quantitative estimate of drug-likeness (QED) is 0.384. The van der Waals surface area contributed by atoms with E-state index in [0.29, 0.717) is 28.1 Å². The molecular weight excluding hydrogens is 527 g/mol. The molecule has 3 aromatic carbocycles. The molecule has 0 saturated heterocycles. The van der Waals surface area contributed by atoms with Crippen molar-refractivity contribution in [1.29, 1.82) is 0 Å². The van der Waals surface area contributed by atoms with Crippen molar-refractivity contribution >= 4 is 54.8 Å². The smallest absolute Gasteiger partial charge is 0.238 e. The lowest BCUT2D eigenvalue weighted by atomic mass is 10.2. The van der Waals surface area contributed by atoms with Crippen LogP contribution in [0, 0.1) is 0 Å². The van der Waals surface area contributed by atoms with Crippen molar-refractivity contribution in [3.05, 3.63) is 80.2 Å². The summed E-state index contributed by atoms with van der Waals surface area (Å²) in [5, 5.41) is 9.44. The van der Waals surface area contributed by atoms with Gasteiger partial charge in [0.15, 0.2) is 11.5 Å². The third kappa shape index (κ3) is 6.27. The molecule has 0 radical (unpaired) electrons. The van der Waals surface area contributed by atoms with Crippen molar-refractivity contribution in [3.63, 3.8) is 0 Å².